The van der Waals surface area contributed by atoms with Gasteiger partial charge in [-0.2, -0.15) is 0 Å². The molecule has 1 aliphatic carbocycles. The van der Waals surface area contributed by atoms with Gasteiger partial charge in [-0.25, -0.2) is 0 Å². The molecule has 0 aliphatic heterocycles. The maximum Gasteiger partial charge on any atom is 0.316 e. The van der Waals surface area contributed by atoms with Gasteiger partial charge in [-0.05, 0) is 31.5 Å². The van der Waals surface area contributed by atoms with Crippen molar-refractivity contribution in [2.75, 3.05) is 6.61 Å². The topological polar surface area (TPSA) is 76.7 Å². The van der Waals surface area contributed by atoms with Gasteiger partial charge in [0, 0.05) is 11.8 Å². The lowest BCUT2D eigenvalue weighted by Gasteiger charge is -2.18. The minimum Gasteiger partial charge on any atom is -0.508 e. The first-order valence-corrected chi connectivity index (χ1v) is 6.57. The number of ether oxygens (including phenoxy) is 1. The third-order valence-corrected chi connectivity index (χ3v) is 3.54. The molecule has 5 nitrogen and oxygen atoms in total. The van der Waals surface area contributed by atoms with Crippen LogP contribution in [0.5, 0.6) is 5.75 Å². The van der Waals surface area contributed by atoms with E-state index in [-0.39, 0.29) is 18.1 Å². The van der Waals surface area contributed by atoms with Crippen molar-refractivity contribution < 1.29 is 23.8 Å². The number of furan rings is 1. The Morgan fingerprint density at radius 2 is 2.30 bits per heavy atom. The van der Waals surface area contributed by atoms with E-state index in [2.05, 4.69) is 0 Å². The monoisotopic (exact) mass is 274 g/mol. The van der Waals surface area contributed by atoms with Crippen molar-refractivity contribution >= 4 is 22.7 Å². The molecule has 0 saturated heterocycles. The minimum atomic E-state index is -0.773. The summed E-state index contributed by atoms with van der Waals surface area (Å²) in [6.07, 6.45) is 0.913. The average molecular weight is 274 g/mol. The van der Waals surface area contributed by atoms with E-state index in [4.69, 9.17) is 9.15 Å². The Labute approximate surface area is 115 Å². The molecule has 104 valence electrons. The Balaban J connectivity index is 2.08. The maximum absolute atomic E-state index is 12.5. The van der Waals surface area contributed by atoms with Crippen LogP contribution in [-0.2, 0) is 16.0 Å². The van der Waals surface area contributed by atoms with E-state index in [0.717, 1.165) is 0 Å². The molecular weight excluding hydrogens is 260 g/mol. The zero-order chi connectivity index (χ0) is 14.3. The summed E-state index contributed by atoms with van der Waals surface area (Å²) >= 11 is 0. The molecule has 5 heteroatoms. The summed E-state index contributed by atoms with van der Waals surface area (Å²) in [4.78, 5) is 24.3. The predicted molar refractivity (Wildman–Crippen MR) is 70.7 cm³/mol. The molecule has 0 spiro atoms. The summed E-state index contributed by atoms with van der Waals surface area (Å²) in [6, 6.07) is 4.61. The van der Waals surface area contributed by atoms with Gasteiger partial charge in [0.2, 0.25) is 0 Å². The Morgan fingerprint density at radius 3 is 3.05 bits per heavy atom. The van der Waals surface area contributed by atoms with E-state index < -0.39 is 11.9 Å². The molecule has 1 atom stereocenters. The number of carbonyl (C=O) groups excluding carboxylic acids is 2. The van der Waals surface area contributed by atoms with Crippen LogP contribution in [-0.4, -0.2) is 23.5 Å². The summed E-state index contributed by atoms with van der Waals surface area (Å²) in [7, 11) is 0. The first-order valence-electron chi connectivity index (χ1n) is 6.57. The first kappa shape index (κ1) is 12.7. The number of phenols is 1. The van der Waals surface area contributed by atoms with Crippen LogP contribution in [0.4, 0.5) is 0 Å². The van der Waals surface area contributed by atoms with E-state index in [9.17, 15) is 14.7 Å². The Bertz CT molecular complexity index is 698. The van der Waals surface area contributed by atoms with Crippen LogP contribution >= 0.6 is 0 Å². The van der Waals surface area contributed by atoms with Crippen molar-refractivity contribution in [2.24, 2.45) is 5.92 Å². The van der Waals surface area contributed by atoms with E-state index in [0.29, 0.717) is 35.1 Å². The van der Waals surface area contributed by atoms with Crippen LogP contribution in [0.2, 0.25) is 0 Å². The lowest BCUT2D eigenvalue weighted by molar-refractivity contribution is -0.146. The highest BCUT2D eigenvalue weighted by molar-refractivity contribution is 6.16. The number of carbonyl (C=O) groups is 2. The van der Waals surface area contributed by atoms with Crippen LogP contribution in [0.1, 0.15) is 29.5 Å². The highest BCUT2D eigenvalue weighted by Crippen LogP contribution is 2.36. The number of aryl methyl sites for hydroxylation is 1. The molecule has 20 heavy (non-hydrogen) atoms. The smallest absolute Gasteiger partial charge is 0.316 e. The fourth-order valence-electron chi connectivity index (χ4n) is 2.63. The van der Waals surface area contributed by atoms with Crippen molar-refractivity contribution in [1.82, 2.24) is 0 Å². The number of phenolic OH excluding ortho intramolecular Hbond substituents is 1. The number of hydrogen-bond acceptors (Lipinski definition) is 5. The zero-order valence-electron chi connectivity index (χ0n) is 11.0. The molecular formula is C15H14O5. The largest absolute Gasteiger partial charge is 0.508 e. The quantitative estimate of drug-likeness (QED) is 0.672. The summed E-state index contributed by atoms with van der Waals surface area (Å²) in [5, 5.41) is 10.1. The molecule has 1 aromatic heterocycles. The van der Waals surface area contributed by atoms with Gasteiger partial charge in [0.05, 0.1) is 12.2 Å². The molecule has 1 aromatic carbocycles. The molecule has 0 unspecified atom stereocenters. The fourth-order valence-corrected chi connectivity index (χ4v) is 2.63. The molecule has 3 rings (SSSR count). The van der Waals surface area contributed by atoms with Crippen molar-refractivity contribution in [3.63, 3.8) is 0 Å². The number of rotatable bonds is 2. The van der Waals surface area contributed by atoms with Gasteiger partial charge in [-0.1, -0.05) is 0 Å². The van der Waals surface area contributed by atoms with Crippen LogP contribution in [0.3, 0.4) is 0 Å². The summed E-state index contributed by atoms with van der Waals surface area (Å²) < 4.78 is 10.6. The standard InChI is InChI=1S/C15H14O5/c1-2-19-15(18)9-4-6-12-13(14(9)17)10-7-8(16)3-5-11(10)20-12/h3,5,7,9,16H,2,4,6H2,1H3/t9-/m1/s1. The molecule has 0 amide bonds. The number of benzene rings is 1. The fraction of sp³-hybridized carbons (Fsp3) is 0.333. The molecule has 0 saturated carbocycles. The minimum absolute atomic E-state index is 0.0622. The highest BCUT2D eigenvalue weighted by Gasteiger charge is 2.37. The van der Waals surface area contributed by atoms with Crippen LogP contribution < -0.4 is 0 Å². The van der Waals surface area contributed by atoms with Crippen molar-refractivity contribution in [3.05, 3.63) is 29.5 Å². The predicted octanol–water partition coefficient (Wildman–Crippen LogP) is 2.45. The number of hydrogen-bond donors (Lipinski definition) is 1. The van der Waals surface area contributed by atoms with Gasteiger partial charge in [0.1, 0.15) is 23.0 Å². The van der Waals surface area contributed by atoms with Gasteiger partial charge in [0.15, 0.2) is 5.78 Å². The molecule has 0 radical (unpaired) electrons. The van der Waals surface area contributed by atoms with Crippen molar-refractivity contribution in [3.8, 4) is 5.75 Å². The lowest BCUT2D eigenvalue weighted by Crippen LogP contribution is -2.30. The number of fused-ring (bicyclic) bond motifs is 3. The molecule has 1 aliphatic rings. The zero-order valence-corrected chi connectivity index (χ0v) is 11.0. The third kappa shape index (κ3) is 1.86. The average Bonchev–Trinajstić information content (AvgIpc) is 2.77. The van der Waals surface area contributed by atoms with Crippen LogP contribution in [0, 0.1) is 5.92 Å². The Hall–Kier alpha value is -2.30. The molecule has 0 bridgehead atoms. The number of Topliss-reactive ketones (excluding diaryl/α,β-unsaturated/α-hetero) is 1. The second kappa shape index (κ2) is 4.67. The summed E-state index contributed by atoms with van der Waals surface area (Å²) in [5.74, 6) is -0.902. The summed E-state index contributed by atoms with van der Waals surface area (Å²) in [6.45, 7) is 1.96. The van der Waals surface area contributed by atoms with Gasteiger partial charge in [0.25, 0.3) is 0 Å². The normalized spacial score (nSPS) is 18.1. The van der Waals surface area contributed by atoms with Gasteiger partial charge in [-0.3, -0.25) is 9.59 Å². The number of aromatic hydroxyl groups is 1. The van der Waals surface area contributed by atoms with Crippen LogP contribution in [0.15, 0.2) is 22.6 Å². The second-order valence-corrected chi connectivity index (χ2v) is 4.79. The van der Waals surface area contributed by atoms with Crippen LogP contribution in [0.25, 0.3) is 11.0 Å². The van der Waals surface area contributed by atoms with E-state index in [1.807, 2.05) is 0 Å². The molecule has 1 heterocycles. The van der Waals surface area contributed by atoms with Crippen molar-refractivity contribution in [2.45, 2.75) is 19.8 Å². The van der Waals surface area contributed by atoms with Crippen molar-refractivity contribution in [1.29, 1.82) is 0 Å². The third-order valence-electron chi connectivity index (χ3n) is 3.54. The maximum atomic E-state index is 12.5. The summed E-state index contributed by atoms with van der Waals surface area (Å²) in [5.41, 5.74) is 0.950. The SMILES string of the molecule is CCOC(=O)[C@@H]1CCc2oc3ccc(O)cc3c2C1=O. The van der Waals surface area contributed by atoms with Gasteiger partial charge in [-0.15, -0.1) is 0 Å². The number of esters is 1. The Morgan fingerprint density at radius 1 is 1.50 bits per heavy atom. The van der Waals surface area contributed by atoms with E-state index >= 15 is 0 Å². The second-order valence-electron chi connectivity index (χ2n) is 4.79. The molecule has 2 aromatic rings. The molecule has 1 N–H and O–H groups in total. The highest BCUT2D eigenvalue weighted by atomic mass is 16.5. The number of ketones is 1. The molecule has 0 fully saturated rings. The van der Waals surface area contributed by atoms with Gasteiger partial charge < -0.3 is 14.3 Å². The Kier molecular flexibility index (Phi) is 2.97. The first-order chi connectivity index (χ1) is 9.61. The van der Waals surface area contributed by atoms with E-state index in [1.54, 1.807) is 13.0 Å². The van der Waals surface area contributed by atoms with E-state index in [1.165, 1.54) is 12.1 Å². The lowest BCUT2D eigenvalue weighted by atomic mass is 9.85. The van der Waals surface area contributed by atoms with Gasteiger partial charge >= 0.3 is 5.97 Å².